The van der Waals surface area contributed by atoms with Gasteiger partial charge in [0.05, 0.1) is 0 Å². The Kier molecular flexibility index (Phi) is 2.72. The van der Waals surface area contributed by atoms with Gasteiger partial charge in [0.1, 0.15) is 0 Å². The lowest BCUT2D eigenvalue weighted by atomic mass is 9.93. The van der Waals surface area contributed by atoms with Crippen molar-refractivity contribution in [2.24, 2.45) is 5.92 Å². The molecule has 1 saturated heterocycles. The highest BCUT2D eigenvalue weighted by Crippen LogP contribution is 2.35. The van der Waals surface area contributed by atoms with Crippen LogP contribution < -0.4 is 0 Å². The minimum atomic E-state index is 0.314. The molecule has 0 radical (unpaired) electrons. The van der Waals surface area contributed by atoms with Gasteiger partial charge in [-0.15, -0.1) is 0 Å². The Morgan fingerprint density at radius 1 is 1.35 bits per heavy atom. The third kappa shape index (κ3) is 1.97. The standard InChI is InChI=1S/C15H18N4O/c20-15(10-5-6-10)19-8-2-3-11(9-19)13-12-4-1-7-16-14(12)18-17-13/h1,4,7,10-11H,2-3,5-6,8-9H2,(H,16,17,18)/t11-/m0/s1. The molecule has 1 aliphatic carbocycles. The molecule has 2 aromatic rings. The van der Waals surface area contributed by atoms with Crippen LogP contribution in [0.3, 0.4) is 0 Å². The van der Waals surface area contributed by atoms with Crippen LogP contribution in [0.1, 0.15) is 37.3 Å². The molecule has 3 heterocycles. The molecular formula is C15H18N4O. The van der Waals surface area contributed by atoms with Gasteiger partial charge in [-0.25, -0.2) is 4.98 Å². The summed E-state index contributed by atoms with van der Waals surface area (Å²) in [6, 6.07) is 4.00. The van der Waals surface area contributed by atoms with Gasteiger partial charge < -0.3 is 4.90 Å². The summed E-state index contributed by atoms with van der Waals surface area (Å²) >= 11 is 0. The van der Waals surface area contributed by atoms with Gasteiger partial charge in [-0.05, 0) is 37.8 Å². The van der Waals surface area contributed by atoms with E-state index in [1.165, 1.54) is 0 Å². The van der Waals surface area contributed by atoms with Crippen molar-refractivity contribution in [1.82, 2.24) is 20.1 Å². The highest BCUT2D eigenvalue weighted by Gasteiger charge is 2.36. The van der Waals surface area contributed by atoms with Crippen LogP contribution in [-0.2, 0) is 4.79 Å². The number of nitrogens with one attached hydrogen (secondary N) is 1. The summed E-state index contributed by atoms with van der Waals surface area (Å²) in [5, 5.41) is 8.50. The summed E-state index contributed by atoms with van der Waals surface area (Å²) in [6.45, 7) is 1.73. The molecule has 2 aliphatic rings. The van der Waals surface area contributed by atoms with Gasteiger partial charge in [-0.2, -0.15) is 5.10 Å². The number of H-pyrrole nitrogens is 1. The minimum absolute atomic E-state index is 0.314. The van der Waals surface area contributed by atoms with E-state index in [0.717, 1.165) is 55.5 Å². The molecule has 0 aromatic carbocycles. The van der Waals surface area contributed by atoms with E-state index >= 15 is 0 Å². The van der Waals surface area contributed by atoms with E-state index in [0.29, 0.717) is 17.7 Å². The normalized spacial score (nSPS) is 23.2. The largest absolute Gasteiger partial charge is 0.342 e. The van der Waals surface area contributed by atoms with Crippen molar-refractivity contribution in [3.63, 3.8) is 0 Å². The van der Waals surface area contributed by atoms with E-state index in [9.17, 15) is 4.79 Å². The Morgan fingerprint density at radius 3 is 3.10 bits per heavy atom. The van der Waals surface area contributed by atoms with E-state index in [4.69, 9.17) is 0 Å². The van der Waals surface area contributed by atoms with Crippen molar-refractivity contribution >= 4 is 16.9 Å². The average Bonchev–Trinajstić information content (AvgIpc) is 3.26. The lowest BCUT2D eigenvalue weighted by Crippen LogP contribution is -2.40. The number of pyridine rings is 1. The Balaban J connectivity index is 1.59. The summed E-state index contributed by atoms with van der Waals surface area (Å²) in [6.07, 6.45) is 6.11. The second-order valence-electron chi connectivity index (χ2n) is 5.91. The summed E-state index contributed by atoms with van der Waals surface area (Å²) in [4.78, 5) is 18.5. The Labute approximate surface area is 117 Å². The number of carbonyl (C=O) groups is 1. The maximum absolute atomic E-state index is 12.2. The van der Waals surface area contributed by atoms with Crippen LogP contribution in [0, 0.1) is 5.92 Å². The monoisotopic (exact) mass is 270 g/mol. The number of likely N-dealkylation sites (tertiary alicyclic amines) is 1. The van der Waals surface area contributed by atoms with Crippen LogP contribution >= 0.6 is 0 Å². The van der Waals surface area contributed by atoms with Gasteiger partial charge in [0, 0.05) is 42.2 Å². The van der Waals surface area contributed by atoms with E-state index in [1.54, 1.807) is 6.20 Å². The van der Waals surface area contributed by atoms with Crippen molar-refractivity contribution in [3.8, 4) is 0 Å². The Morgan fingerprint density at radius 2 is 2.25 bits per heavy atom. The number of aromatic amines is 1. The lowest BCUT2D eigenvalue weighted by Gasteiger charge is -2.32. The van der Waals surface area contributed by atoms with E-state index < -0.39 is 0 Å². The predicted molar refractivity (Wildman–Crippen MR) is 75.2 cm³/mol. The van der Waals surface area contributed by atoms with Crippen LogP contribution in [0.15, 0.2) is 18.3 Å². The number of amides is 1. The fourth-order valence-electron chi connectivity index (χ4n) is 3.18. The molecule has 2 fully saturated rings. The molecule has 5 heteroatoms. The SMILES string of the molecule is O=C(C1CC1)N1CCC[C@H](c2[nH]nc3ncccc23)C1. The summed E-state index contributed by atoms with van der Waals surface area (Å²) in [7, 11) is 0. The van der Waals surface area contributed by atoms with E-state index in [-0.39, 0.29) is 0 Å². The lowest BCUT2D eigenvalue weighted by molar-refractivity contribution is -0.133. The van der Waals surface area contributed by atoms with Gasteiger partial charge >= 0.3 is 0 Å². The number of carbonyl (C=O) groups excluding carboxylic acids is 1. The highest BCUT2D eigenvalue weighted by molar-refractivity contribution is 5.81. The van der Waals surface area contributed by atoms with Gasteiger partial charge in [-0.1, -0.05) is 0 Å². The van der Waals surface area contributed by atoms with Gasteiger partial charge in [0.2, 0.25) is 5.91 Å². The smallest absolute Gasteiger partial charge is 0.225 e. The van der Waals surface area contributed by atoms with E-state index in [1.807, 2.05) is 6.07 Å². The highest BCUT2D eigenvalue weighted by atomic mass is 16.2. The molecule has 20 heavy (non-hydrogen) atoms. The molecule has 1 saturated carbocycles. The number of hydrogen-bond acceptors (Lipinski definition) is 3. The van der Waals surface area contributed by atoms with Crippen molar-refractivity contribution in [2.45, 2.75) is 31.6 Å². The van der Waals surface area contributed by atoms with Gasteiger partial charge in [0.15, 0.2) is 5.65 Å². The molecule has 0 unspecified atom stereocenters. The summed E-state index contributed by atoms with van der Waals surface area (Å²) in [5.74, 6) is 1.03. The second kappa shape index (κ2) is 4.58. The van der Waals surface area contributed by atoms with Crippen LogP contribution in [-0.4, -0.2) is 39.1 Å². The zero-order valence-electron chi connectivity index (χ0n) is 11.4. The topological polar surface area (TPSA) is 61.9 Å². The number of rotatable bonds is 2. The first-order valence-electron chi connectivity index (χ1n) is 7.40. The van der Waals surface area contributed by atoms with Crippen LogP contribution in [0.2, 0.25) is 0 Å². The van der Waals surface area contributed by atoms with Crippen LogP contribution in [0.5, 0.6) is 0 Å². The van der Waals surface area contributed by atoms with Crippen molar-refractivity contribution < 1.29 is 4.79 Å². The van der Waals surface area contributed by atoms with Gasteiger partial charge in [-0.3, -0.25) is 9.89 Å². The van der Waals surface area contributed by atoms with E-state index in [2.05, 4.69) is 26.1 Å². The summed E-state index contributed by atoms with van der Waals surface area (Å²) in [5.41, 5.74) is 1.91. The molecule has 0 bridgehead atoms. The molecule has 4 rings (SSSR count). The quantitative estimate of drug-likeness (QED) is 0.908. The first kappa shape index (κ1) is 11.9. The third-order valence-corrected chi connectivity index (χ3v) is 4.43. The molecular weight excluding hydrogens is 252 g/mol. The number of hydrogen-bond donors (Lipinski definition) is 1. The summed E-state index contributed by atoms with van der Waals surface area (Å²) < 4.78 is 0. The molecule has 5 nitrogen and oxygen atoms in total. The van der Waals surface area contributed by atoms with Crippen molar-refractivity contribution in [2.75, 3.05) is 13.1 Å². The maximum atomic E-state index is 12.2. The zero-order chi connectivity index (χ0) is 13.5. The van der Waals surface area contributed by atoms with Crippen molar-refractivity contribution in [1.29, 1.82) is 0 Å². The van der Waals surface area contributed by atoms with Crippen LogP contribution in [0.4, 0.5) is 0 Å². The Hall–Kier alpha value is -1.91. The molecule has 1 atom stereocenters. The Bertz CT molecular complexity index is 646. The first-order valence-corrected chi connectivity index (χ1v) is 7.40. The number of piperidine rings is 1. The molecule has 1 amide bonds. The minimum Gasteiger partial charge on any atom is -0.342 e. The van der Waals surface area contributed by atoms with Crippen molar-refractivity contribution in [3.05, 3.63) is 24.0 Å². The molecule has 1 aliphatic heterocycles. The molecule has 1 N–H and O–H groups in total. The zero-order valence-corrected chi connectivity index (χ0v) is 11.4. The fourth-order valence-corrected chi connectivity index (χ4v) is 3.18. The predicted octanol–water partition coefficient (Wildman–Crippen LogP) is 2.07. The molecule has 0 spiro atoms. The number of nitrogens with zero attached hydrogens (tertiary/aromatic N) is 3. The fraction of sp³-hybridized carbons (Fsp3) is 0.533. The van der Waals surface area contributed by atoms with Crippen LogP contribution in [0.25, 0.3) is 11.0 Å². The molecule has 2 aromatic heterocycles. The second-order valence-corrected chi connectivity index (χ2v) is 5.91. The van der Waals surface area contributed by atoms with Gasteiger partial charge in [0.25, 0.3) is 0 Å². The average molecular weight is 270 g/mol. The third-order valence-electron chi connectivity index (χ3n) is 4.43. The first-order chi connectivity index (χ1) is 9.83. The maximum Gasteiger partial charge on any atom is 0.225 e. The number of fused-ring (bicyclic) bond motifs is 1. The molecule has 104 valence electrons. The number of aromatic nitrogens is 3.